The molecular weight excluding hydrogens is 228 g/mol. The molecule has 94 valence electrons. The molecule has 2 aliphatic carbocycles. The van der Waals surface area contributed by atoms with E-state index in [4.69, 9.17) is 0 Å². The Morgan fingerprint density at radius 3 is 2.76 bits per heavy atom. The number of nitrogens with zero attached hydrogens (tertiary/aromatic N) is 1. The van der Waals surface area contributed by atoms with Crippen LogP contribution < -0.4 is 5.32 Å². The lowest BCUT2D eigenvalue weighted by molar-refractivity contribution is 0.278. The molecule has 2 saturated carbocycles. The molecule has 1 aromatic heterocycles. The fourth-order valence-corrected chi connectivity index (χ4v) is 4.01. The van der Waals surface area contributed by atoms with E-state index in [1.54, 1.807) is 0 Å². The first-order valence-corrected chi connectivity index (χ1v) is 7.72. The topological polar surface area (TPSA) is 24.9 Å². The van der Waals surface area contributed by atoms with Gasteiger partial charge in [0.25, 0.3) is 0 Å². The number of nitrogens with one attached hydrogen (secondary N) is 1. The van der Waals surface area contributed by atoms with E-state index in [0.29, 0.717) is 5.41 Å². The van der Waals surface area contributed by atoms with Crippen molar-refractivity contribution in [2.75, 3.05) is 6.54 Å². The summed E-state index contributed by atoms with van der Waals surface area (Å²) in [4.78, 5) is 5.88. The molecule has 2 aliphatic rings. The van der Waals surface area contributed by atoms with E-state index in [1.165, 1.54) is 61.4 Å². The molecule has 0 unspecified atom stereocenters. The number of hydrogen-bond acceptors (Lipinski definition) is 3. The van der Waals surface area contributed by atoms with Crippen molar-refractivity contribution < 1.29 is 0 Å². The van der Waals surface area contributed by atoms with Crippen molar-refractivity contribution >= 4 is 11.3 Å². The summed E-state index contributed by atoms with van der Waals surface area (Å²) in [7, 11) is 0. The highest BCUT2D eigenvalue weighted by molar-refractivity contribution is 7.11. The zero-order valence-corrected chi connectivity index (χ0v) is 11.5. The van der Waals surface area contributed by atoms with Crippen LogP contribution in [0.25, 0.3) is 0 Å². The molecule has 0 radical (unpaired) electrons. The van der Waals surface area contributed by atoms with Crippen molar-refractivity contribution in [1.29, 1.82) is 0 Å². The summed E-state index contributed by atoms with van der Waals surface area (Å²) in [6.07, 6.45) is 11.8. The van der Waals surface area contributed by atoms with Gasteiger partial charge in [0.05, 0.1) is 5.01 Å². The minimum absolute atomic E-state index is 0.543. The fraction of sp³-hybridized carbons (Fsp3) is 0.786. The van der Waals surface area contributed by atoms with Crippen LogP contribution in [0, 0.1) is 12.3 Å². The normalized spacial score (nSPS) is 23.1. The van der Waals surface area contributed by atoms with Crippen LogP contribution in [-0.4, -0.2) is 17.6 Å². The third-order valence-electron chi connectivity index (χ3n) is 4.23. The molecule has 1 N–H and O–H groups in total. The van der Waals surface area contributed by atoms with Crippen molar-refractivity contribution in [2.24, 2.45) is 5.41 Å². The zero-order valence-electron chi connectivity index (χ0n) is 10.7. The molecule has 0 aromatic carbocycles. The molecule has 2 fully saturated rings. The summed E-state index contributed by atoms with van der Waals surface area (Å²) in [5, 5.41) is 4.96. The maximum atomic E-state index is 4.40. The summed E-state index contributed by atoms with van der Waals surface area (Å²) in [5.41, 5.74) is 0.543. The highest BCUT2D eigenvalue weighted by Gasteiger charge is 2.35. The number of aromatic nitrogens is 1. The molecule has 17 heavy (non-hydrogen) atoms. The van der Waals surface area contributed by atoms with Gasteiger partial charge in [0, 0.05) is 23.7 Å². The van der Waals surface area contributed by atoms with Crippen LogP contribution >= 0.6 is 11.3 Å². The van der Waals surface area contributed by atoms with Gasteiger partial charge < -0.3 is 5.32 Å². The second-order valence-electron chi connectivity index (χ2n) is 5.88. The Morgan fingerprint density at radius 2 is 2.18 bits per heavy atom. The largest absolute Gasteiger partial charge is 0.313 e. The van der Waals surface area contributed by atoms with E-state index < -0.39 is 0 Å². The van der Waals surface area contributed by atoms with E-state index in [1.807, 2.05) is 11.3 Å². The van der Waals surface area contributed by atoms with Gasteiger partial charge in [0.2, 0.25) is 0 Å². The van der Waals surface area contributed by atoms with Crippen LogP contribution in [0.15, 0.2) is 6.20 Å². The van der Waals surface area contributed by atoms with Gasteiger partial charge in [-0.1, -0.05) is 12.8 Å². The number of aryl methyl sites for hydroxylation is 1. The standard InChI is InChI=1S/C14H22N2S/c1-11-15-9-13(17-11)8-14(6-2-3-7-14)10-16-12-4-5-12/h9,12,16H,2-8,10H2,1H3. The van der Waals surface area contributed by atoms with Gasteiger partial charge in [-0.05, 0) is 44.4 Å². The molecule has 3 heteroatoms. The minimum Gasteiger partial charge on any atom is -0.313 e. The SMILES string of the molecule is Cc1ncc(CC2(CNC3CC3)CCCC2)s1. The van der Waals surface area contributed by atoms with Crippen molar-refractivity contribution in [3.8, 4) is 0 Å². The quantitative estimate of drug-likeness (QED) is 0.867. The monoisotopic (exact) mass is 250 g/mol. The van der Waals surface area contributed by atoms with Gasteiger partial charge in [-0.15, -0.1) is 11.3 Å². The van der Waals surface area contributed by atoms with E-state index in [0.717, 1.165) is 6.04 Å². The smallest absolute Gasteiger partial charge is 0.0896 e. The first-order valence-electron chi connectivity index (χ1n) is 6.91. The first kappa shape index (κ1) is 11.7. The molecule has 1 heterocycles. The lowest BCUT2D eigenvalue weighted by Crippen LogP contribution is -2.34. The van der Waals surface area contributed by atoms with Crippen molar-refractivity contribution in [3.63, 3.8) is 0 Å². The summed E-state index contributed by atoms with van der Waals surface area (Å²) in [5.74, 6) is 0. The summed E-state index contributed by atoms with van der Waals surface area (Å²) in [6, 6.07) is 0.843. The Hall–Kier alpha value is -0.410. The third-order valence-corrected chi connectivity index (χ3v) is 5.14. The highest BCUT2D eigenvalue weighted by Crippen LogP contribution is 2.41. The maximum absolute atomic E-state index is 4.40. The third kappa shape index (κ3) is 2.89. The summed E-state index contributed by atoms with van der Waals surface area (Å²) >= 11 is 1.88. The molecule has 2 nitrogen and oxygen atoms in total. The van der Waals surface area contributed by atoms with Gasteiger partial charge in [0.15, 0.2) is 0 Å². The predicted octanol–water partition coefficient (Wildman–Crippen LogP) is 3.31. The Morgan fingerprint density at radius 1 is 1.41 bits per heavy atom. The fourth-order valence-electron chi connectivity index (χ4n) is 3.05. The number of hydrogen-bond donors (Lipinski definition) is 1. The zero-order chi connectivity index (χ0) is 11.7. The van der Waals surface area contributed by atoms with Crippen molar-refractivity contribution in [2.45, 2.75) is 57.9 Å². The summed E-state index contributed by atoms with van der Waals surface area (Å²) in [6.45, 7) is 3.34. The van der Waals surface area contributed by atoms with E-state index in [2.05, 4.69) is 23.4 Å². The van der Waals surface area contributed by atoms with Crippen molar-refractivity contribution in [3.05, 3.63) is 16.1 Å². The molecule has 0 spiro atoms. The number of rotatable bonds is 5. The molecule has 1 aromatic rings. The van der Waals surface area contributed by atoms with Crippen LogP contribution in [0.1, 0.15) is 48.4 Å². The average molecular weight is 250 g/mol. The van der Waals surface area contributed by atoms with Gasteiger partial charge >= 0.3 is 0 Å². The summed E-state index contributed by atoms with van der Waals surface area (Å²) < 4.78 is 0. The molecule has 0 amide bonds. The lowest BCUT2D eigenvalue weighted by atomic mass is 9.82. The highest BCUT2D eigenvalue weighted by atomic mass is 32.1. The Kier molecular flexibility index (Phi) is 3.22. The van der Waals surface area contributed by atoms with E-state index in [9.17, 15) is 0 Å². The Balaban J connectivity index is 1.65. The van der Waals surface area contributed by atoms with Crippen LogP contribution in [0.3, 0.4) is 0 Å². The predicted molar refractivity (Wildman–Crippen MR) is 72.5 cm³/mol. The molecular formula is C14H22N2S. The molecule has 0 saturated heterocycles. The van der Waals surface area contributed by atoms with Crippen LogP contribution in [0.4, 0.5) is 0 Å². The lowest BCUT2D eigenvalue weighted by Gasteiger charge is -2.29. The molecule has 0 bridgehead atoms. The van der Waals surface area contributed by atoms with E-state index >= 15 is 0 Å². The molecule has 0 atom stereocenters. The Bertz CT molecular complexity index is 375. The Labute approximate surface area is 108 Å². The van der Waals surface area contributed by atoms with Gasteiger partial charge in [-0.2, -0.15) is 0 Å². The first-order chi connectivity index (χ1) is 8.26. The van der Waals surface area contributed by atoms with Gasteiger partial charge in [-0.3, -0.25) is 0 Å². The second kappa shape index (κ2) is 4.69. The van der Waals surface area contributed by atoms with Crippen molar-refractivity contribution in [1.82, 2.24) is 10.3 Å². The molecule has 3 rings (SSSR count). The average Bonchev–Trinajstić information content (AvgIpc) is 2.90. The second-order valence-corrected chi connectivity index (χ2v) is 7.20. The van der Waals surface area contributed by atoms with Crippen LogP contribution in [0.2, 0.25) is 0 Å². The van der Waals surface area contributed by atoms with Crippen LogP contribution in [-0.2, 0) is 6.42 Å². The minimum atomic E-state index is 0.543. The van der Waals surface area contributed by atoms with E-state index in [-0.39, 0.29) is 0 Å². The van der Waals surface area contributed by atoms with Gasteiger partial charge in [0.1, 0.15) is 0 Å². The van der Waals surface area contributed by atoms with Gasteiger partial charge in [-0.25, -0.2) is 4.98 Å². The maximum Gasteiger partial charge on any atom is 0.0896 e. The molecule has 0 aliphatic heterocycles. The van der Waals surface area contributed by atoms with Crippen LogP contribution in [0.5, 0.6) is 0 Å². The number of thiazole rings is 1.